The van der Waals surface area contributed by atoms with E-state index in [1.807, 2.05) is 18.2 Å². The van der Waals surface area contributed by atoms with Crippen LogP contribution in [0.2, 0.25) is 0 Å². The maximum absolute atomic E-state index is 12.8. The van der Waals surface area contributed by atoms with E-state index in [9.17, 15) is 9.90 Å². The van der Waals surface area contributed by atoms with E-state index in [1.54, 1.807) is 14.2 Å². The van der Waals surface area contributed by atoms with Gasteiger partial charge in [0.2, 0.25) is 0 Å². The Morgan fingerprint density at radius 1 is 1.23 bits per heavy atom. The lowest BCUT2D eigenvalue weighted by molar-refractivity contribution is -0.155. The molecule has 5 nitrogen and oxygen atoms in total. The average molecular weight is 363 g/mol. The summed E-state index contributed by atoms with van der Waals surface area (Å²) in [6.45, 7) is 6.75. The summed E-state index contributed by atoms with van der Waals surface area (Å²) in [6, 6.07) is 5.69. The molecule has 0 heterocycles. The molecule has 0 radical (unpaired) electrons. The molecular formula is C21H33NO4. The molecule has 1 amide bonds. The van der Waals surface area contributed by atoms with Crippen molar-refractivity contribution < 1.29 is 19.4 Å². The second-order valence-electron chi connectivity index (χ2n) is 7.89. The number of amides is 1. The van der Waals surface area contributed by atoms with Crippen molar-refractivity contribution >= 4 is 5.91 Å². The molecule has 1 saturated carbocycles. The normalized spacial score (nSPS) is 25.8. The van der Waals surface area contributed by atoms with Crippen LogP contribution in [0.3, 0.4) is 0 Å². The standard InChI is InChI=1S/C21H33NO4/c1-14(2)19-7-6-15(3)13-21(19,24)20(23)22-9-8-16-10-17(25-4)12-18(11-16)26-5/h10-12,14-15,19,24H,6-9,13H2,1-5H3,(H,22,23)/t15?,19?,21-/m1/s1. The van der Waals surface area contributed by atoms with E-state index >= 15 is 0 Å². The summed E-state index contributed by atoms with van der Waals surface area (Å²) in [5.74, 6) is 1.87. The highest BCUT2D eigenvalue weighted by molar-refractivity contribution is 5.85. The molecule has 146 valence electrons. The smallest absolute Gasteiger partial charge is 0.252 e. The number of carbonyl (C=O) groups is 1. The van der Waals surface area contributed by atoms with Crippen LogP contribution in [0.4, 0.5) is 0 Å². The van der Waals surface area contributed by atoms with Crippen molar-refractivity contribution in [2.75, 3.05) is 20.8 Å². The van der Waals surface area contributed by atoms with Crippen molar-refractivity contribution in [3.8, 4) is 11.5 Å². The highest BCUT2D eigenvalue weighted by Gasteiger charge is 2.48. The molecule has 0 saturated heterocycles. The molecule has 0 spiro atoms. The van der Waals surface area contributed by atoms with E-state index in [2.05, 4.69) is 26.1 Å². The van der Waals surface area contributed by atoms with Gasteiger partial charge in [-0.1, -0.05) is 27.2 Å². The summed E-state index contributed by atoms with van der Waals surface area (Å²) in [6.07, 6.45) is 3.16. The third-order valence-electron chi connectivity index (χ3n) is 5.55. The van der Waals surface area contributed by atoms with E-state index in [0.29, 0.717) is 25.3 Å². The Hall–Kier alpha value is -1.75. The number of rotatable bonds is 7. The first-order valence-electron chi connectivity index (χ1n) is 9.52. The minimum absolute atomic E-state index is 0.00983. The van der Waals surface area contributed by atoms with Crippen molar-refractivity contribution in [1.29, 1.82) is 0 Å². The highest BCUT2D eigenvalue weighted by Crippen LogP contribution is 2.41. The monoisotopic (exact) mass is 363 g/mol. The van der Waals surface area contributed by atoms with Crippen molar-refractivity contribution in [2.24, 2.45) is 17.8 Å². The van der Waals surface area contributed by atoms with Crippen LogP contribution in [-0.2, 0) is 11.2 Å². The number of methoxy groups -OCH3 is 2. The lowest BCUT2D eigenvalue weighted by Crippen LogP contribution is -2.56. The van der Waals surface area contributed by atoms with Crippen LogP contribution >= 0.6 is 0 Å². The zero-order valence-electron chi connectivity index (χ0n) is 16.7. The molecule has 1 aliphatic carbocycles. The molecule has 1 aromatic rings. The second kappa shape index (κ2) is 8.76. The van der Waals surface area contributed by atoms with Crippen LogP contribution in [0.5, 0.6) is 11.5 Å². The van der Waals surface area contributed by atoms with Gasteiger partial charge in [-0.25, -0.2) is 0 Å². The molecule has 0 aliphatic heterocycles. The van der Waals surface area contributed by atoms with Gasteiger partial charge in [0.05, 0.1) is 14.2 Å². The molecule has 5 heteroatoms. The summed E-state index contributed by atoms with van der Waals surface area (Å²) in [7, 11) is 3.23. The van der Waals surface area contributed by atoms with Crippen molar-refractivity contribution in [3.05, 3.63) is 23.8 Å². The lowest BCUT2D eigenvalue weighted by Gasteiger charge is -2.43. The van der Waals surface area contributed by atoms with E-state index in [4.69, 9.17) is 9.47 Å². The van der Waals surface area contributed by atoms with Gasteiger partial charge in [0.15, 0.2) is 0 Å². The number of carbonyl (C=O) groups excluding carboxylic acids is 1. The molecule has 3 atom stereocenters. The number of nitrogens with one attached hydrogen (secondary N) is 1. The van der Waals surface area contributed by atoms with Gasteiger partial charge in [0.25, 0.3) is 5.91 Å². The van der Waals surface area contributed by atoms with Gasteiger partial charge in [-0.3, -0.25) is 4.79 Å². The molecule has 1 aliphatic rings. The van der Waals surface area contributed by atoms with Crippen LogP contribution in [0.25, 0.3) is 0 Å². The Kier molecular flexibility index (Phi) is 6.93. The van der Waals surface area contributed by atoms with Crippen LogP contribution in [0.15, 0.2) is 18.2 Å². The molecule has 2 rings (SSSR count). The van der Waals surface area contributed by atoms with Gasteiger partial charge in [-0.05, 0) is 54.7 Å². The Bertz CT molecular complexity index is 594. The largest absolute Gasteiger partial charge is 0.497 e. The Morgan fingerprint density at radius 3 is 2.38 bits per heavy atom. The van der Waals surface area contributed by atoms with Crippen LogP contribution in [-0.4, -0.2) is 37.4 Å². The van der Waals surface area contributed by atoms with Crippen LogP contribution < -0.4 is 14.8 Å². The van der Waals surface area contributed by atoms with Crippen molar-refractivity contribution in [2.45, 2.75) is 52.1 Å². The van der Waals surface area contributed by atoms with Gasteiger partial charge in [0.1, 0.15) is 17.1 Å². The zero-order chi connectivity index (χ0) is 19.3. The fourth-order valence-electron chi connectivity index (χ4n) is 4.12. The molecule has 0 aromatic heterocycles. The second-order valence-corrected chi connectivity index (χ2v) is 7.89. The van der Waals surface area contributed by atoms with Crippen LogP contribution in [0.1, 0.15) is 45.6 Å². The Labute approximate surface area is 157 Å². The number of aliphatic hydroxyl groups is 1. The number of benzene rings is 1. The summed E-state index contributed by atoms with van der Waals surface area (Å²) >= 11 is 0. The first-order chi connectivity index (χ1) is 12.3. The third-order valence-corrected chi connectivity index (χ3v) is 5.55. The Morgan fingerprint density at radius 2 is 1.85 bits per heavy atom. The van der Waals surface area contributed by atoms with Gasteiger partial charge < -0.3 is 19.9 Å². The zero-order valence-corrected chi connectivity index (χ0v) is 16.7. The van der Waals surface area contributed by atoms with E-state index in [0.717, 1.165) is 29.9 Å². The molecule has 26 heavy (non-hydrogen) atoms. The minimum atomic E-state index is -1.27. The van der Waals surface area contributed by atoms with Gasteiger partial charge in [-0.2, -0.15) is 0 Å². The minimum Gasteiger partial charge on any atom is -0.497 e. The topological polar surface area (TPSA) is 67.8 Å². The predicted octanol–water partition coefficient (Wildman–Crippen LogP) is 3.19. The first-order valence-corrected chi connectivity index (χ1v) is 9.52. The quantitative estimate of drug-likeness (QED) is 0.781. The summed E-state index contributed by atoms with van der Waals surface area (Å²) in [4.78, 5) is 12.8. The molecule has 1 aromatic carbocycles. The SMILES string of the molecule is COc1cc(CCNC(=O)[C@@]2(O)CC(C)CCC2C(C)C)cc(OC)c1. The van der Waals surface area contributed by atoms with Gasteiger partial charge in [0, 0.05) is 12.6 Å². The summed E-state index contributed by atoms with van der Waals surface area (Å²) < 4.78 is 10.6. The summed E-state index contributed by atoms with van der Waals surface area (Å²) in [5, 5.41) is 14.1. The summed E-state index contributed by atoms with van der Waals surface area (Å²) in [5.41, 5.74) is -0.247. The van der Waals surface area contributed by atoms with Gasteiger partial charge in [-0.15, -0.1) is 0 Å². The molecule has 2 N–H and O–H groups in total. The first kappa shape index (κ1) is 20.6. The fourth-order valence-corrected chi connectivity index (χ4v) is 4.12. The number of hydrogen-bond donors (Lipinski definition) is 2. The molecule has 0 bridgehead atoms. The Balaban J connectivity index is 2.01. The maximum atomic E-state index is 12.8. The van der Waals surface area contributed by atoms with Crippen molar-refractivity contribution in [1.82, 2.24) is 5.32 Å². The third kappa shape index (κ3) is 4.70. The van der Waals surface area contributed by atoms with Crippen LogP contribution in [0, 0.1) is 17.8 Å². The van der Waals surface area contributed by atoms with E-state index in [-0.39, 0.29) is 17.7 Å². The van der Waals surface area contributed by atoms with E-state index < -0.39 is 5.60 Å². The molecule has 2 unspecified atom stereocenters. The maximum Gasteiger partial charge on any atom is 0.252 e. The van der Waals surface area contributed by atoms with Crippen molar-refractivity contribution in [3.63, 3.8) is 0 Å². The fraction of sp³-hybridized carbons (Fsp3) is 0.667. The van der Waals surface area contributed by atoms with Gasteiger partial charge >= 0.3 is 0 Å². The lowest BCUT2D eigenvalue weighted by atomic mass is 9.66. The highest BCUT2D eigenvalue weighted by atomic mass is 16.5. The van der Waals surface area contributed by atoms with E-state index in [1.165, 1.54) is 0 Å². The average Bonchev–Trinajstić information content (AvgIpc) is 2.60. The molecular weight excluding hydrogens is 330 g/mol. The molecule has 1 fully saturated rings. The predicted molar refractivity (Wildman–Crippen MR) is 103 cm³/mol. The number of ether oxygens (including phenoxy) is 2. The number of hydrogen-bond acceptors (Lipinski definition) is 4.